The van der Waals surface area contributed by atoms with Crippen LogP contribution in [0.1, 0.15) is 31.2 Å². The fourth-order valence-electron chi connectivity index (χ4n) is 2.69. The predicted molar refractivity (Wildman–Crippen MR) is 88.6 cm³/mol. The molecule has 1 fully saturated rings. The Kier molecular flexibility index (Phi) is 3.58. The SMILES string of the molecule is Cc1c(I)cccc1NC1=NC2(CCCC2)CS1. The Morgan fingerprint density at radius 3 is 2.89 bits per heavy atom. The maximum atomic E-state index is 4.95. The second-order valence-corrected chi connectivity index (χ2v) is 7.30. The van der Waals surface area contributed by atoms with Crippen molar-refractivity contribution >= 4 is 45.2 Å². The fraction of sp³-hybridized carbons (Fsp3) is 0.500. The number of hydrogen-bond donors (Lipinski definition) is 1. The van der Waals surface area contributed by atoms with Crippen molar-refractivity contribution in [2.45, 2.75) is 38.1 Å². The van der Waals surface area contributed by atoms with Gasteiger partial charge in [0.25, 0.3) is 0 Å². The lowest BCUT2D eigenvalue weighted by Crippen LogP contribution is -2.21. The van der Waals surface area contributed by atoms with Crippen LogP contribution in [-0.2, 0) is 0 Å². The topological polar surface area (TPSA) is 24.4 Å². The molecule has 18 heavy (non-hydrogen) atoms. The second kappa shape index (κ2) is 5.04. The van der Waals surface area contributed by atoms with Gasteiger partial charge in [-0.2, -0.15) is 0 Å². The van der Waals surface area contributed by atoms with Crippen LogP contribution < -0.4 is 5.32 Å². The van der Waals surface area contributed by atoms with Crippen LogP contribution in [0.2, 0.25) is 0 Å². The highest BCUT2D eigenvalue weighted by Gasteiger charge is 2.38. The summed E-state index contributed by atoms with van der Waals surface area (Å²) in [7, 11) is 0. The number of nitrogens with one attached hydrogen (secondary N) is 1. The van der Waals surface area contributed by atoms with Gasteiger partial charge in [-0.05, 0) is 60.1 Å². The van der Waals surface area contributed by atoms with Gasteiger partial charge in [0, 0.05) is 15.0 Å². The van der Waals surface area contributed by atoms with Gasteiger partial charge in [-0.1, -0.05) is 30.7 Å². The fourth-order valence-corrected chi connectivity index (χ4v) is 4.39. The Morgan fingerprint density at radius 2 is 2.11 bits per heavy atom. The molecule has 0 atom stereocenters. The van der Waals surface area contributed by atoms with Crippen molar-refractivity contribution < 1.29 is 0 Å². The molecule has 3 rings (SSSR count). The smallest absolute Gasteiger partial charge is 0.161 e. The van der Waals surface area contributed by atoms with Gasteiger partial charge >= 0.3 is 0 Å². The third-order valence-electron chi connectivity index (χ3n) is 3.86. The molecule has 4 heteroatoms. The lowest BCUT2D eigenvalue weighted by molar-refractivity contribution is 0.508. The van der Waals surface area contributed by atoms with Gasteiger partial charge in [-0.25, -0.2) is 0 Å². The van der Waals surface area contributed by atoms with E-state index in [-0.39, 0.29) is 5.54 Å². The Morgan fingerprint density at radius 1 is 1.33 bits per heavy atom. The summed E-state index contributed by atoms with van der Waals surface area (Å²) in [5.74, 6) is 1.16. The van der Waals surface area contributed by atoms with Gasteiger partial charge in [0.1, 0.15) is 0 Å². The molecule has 1 saturated carbocycles. The Labute approximate surface area is 126 Å². The molecule has 1 aliphatic heterocycles. The van der Waals surface area contributed by atoms with Crippen LogP contribution in [0, 0.1) is 10.5 Å². The van der Waals surface area contributed by atoms with Gasteiger partial charge < -0.3 is 5.32 Å². The molecule has 0 bridgehead atoms. The van der Waals surface area contributed by atoms with Crippen molar-refractivity contribution in [3.63, 3.8) is 0 Å². The highest BCUT2D eigenvalue weighted by atomic mass is 127. The molecule has 1 spiro atoms. The quantitative estimate of drug-likeness (QED) is 0.738. The normalized spacial score (nSPS) is 21.3. The van der Waals surface area contributed by atoms with Gasteiger partial charge in [0.2, 0.25) is 0 Å². The third-order valence-corrected chi connectivity index (χ3v) is 6.18. The van der Waals surface area contributed by atoms with Crippen LogP contribution in [0.15, 0.2) is 23.2 Å². The molecule has 1 aliphatic carbocycles. The Hall–Kier alpha value is -0.230. The molecule has 0 saturated heterocycles. The van der Waals surface area contributed by atoms with Crippen LogP contribution in [0.25, 0.3) is 0 Å². The number of rotatable bonds is 1. The zero-order valence-electron chi connectivity index (χ0n) is 10.5. The summed E-state index contributed by atoms with van der Waals surface area (Å²) in [5.41, 5.74) is 2.78. The second-order valence-electron chi connectivity index (χ2n) is 5.17. The van der Waals surface area contributed by atoms with Crippen LogP contribution in [-0.4, -0.2) is 16.5 Å². The first-order valence-electron chi connectivity index (χ1n) is 6.43. The van der Waals surface area contributed by atoms with E-state index < -0.39 is 0 Å². The standard InChI is InChI=1S/C14H17IN2S/c1-10-11(15)5-4-6-12(10)16-13-17-14(9-18-13)7-2-3-8-14/h4-6H,2-3,7-9H2,1H3,(H,16,17). The summed E-state index contributed by atoms with van der Waals surface area (Å²) in [6, 6.07) is 6.38. The van der Waals surface area contributed by atoms with Crippen molar-refractivity contribution in [3.8, 4) is 0 Å². The lowest BCUT2D eigenvalue weighted by atomic mass is 10.0. The average Bonchev–Trinajstić information content (AvgIpc) is 2.97. The molecule has 96 valence electrons. The average molecular weight is 372 g/mol. The number of benzene rings is 1. The van der Waals surface area contributed by atoms with Crippen LogP contribution in [0.3, 0.4) is 0 Å². The molecule has 1 N–H and O–H groups in total. The van der Waals surface area contributed by atoms with Crippen molar-refractivity contribution in [1.82, 2.24) is 0 Å². The van der Waals surface area contributed by atoms with Crippen molar-refractivity contribution in [2.24, 2.45) is 4.99 Å². The van der Waals surface area contributed by atoms with E-state index in [0.29, 0.717) is 0 Å². The lowest BCUT2D eigenvalue weighted by Gasteiger charge is -2.16. The summed E-state index contributed by atoms with van der Waals surface area (Å²) >= 11 is 4.27. The first-order valence-corrected chi connectivity index (χ1v) is 8.50. The van der Waals surface area contributed by atoms with Gasteiger partial charge in [-0.15, -0.1) is 0 Å². The van der Waals surface area contributed by atoms with Crippen LogP contribution >= 0.6 is 34.4 Å². The van der Waals surface area contributed by atoms with E-state index in [1.165, 1.54) is 40.5 Å². The third kappa shape index (κ3) is 2.41. The molecule has 1 aromatic carbocycles. The molecule has 0 aromatic heterocycles. The van der Waals surface area contributed by atoms with E-state index in [2.05, 4.69) is 53.0 Å². The molecule has 1 aromatic rings. The molecule has 0 radical (unpaired) electrons. The van der Waals surface area contributed by atoms with Crippen molar-refractivity contribution in [1.29, 1.82) is 0 Å². The summed E-state index contributed by atoms with van der Waals surface area (Å²) in [5, 5.41) is 4.62. The number of anilines is 1. The summed E-state index contributed by atoms with van der Waals surface area (Å²) in [6.45, 7) is 2.16. The van der Waals surface area contributed by atoms with E-state index in [1.807, 2.05) is 11.8 Å². The first kappa shape index (κ1) is 12.8. The number of hydrogen-bond acceptors (Lipinski definition) is 3. The minimum absolute atomic E-state index is 0.267. The zero-order chi connectivity index (χ0) is 12.6. The molecule has 2 aliphatic rings. The van der Waals surface area contributed by atoms with Gasteiger partial charge in [-0.3, -0.25) is 4.99 Å². The van der Waals surface area contributed by atoms with Crippen molar-refractivity contribution in [3.05, 3.63) is 27.3 Å². The Balaban J connectivity index is 1.79. The molecule has 2 nitrogen and oxygen atoms in total. The largest absolute Gasteiger partial charge is 0.335 e. The van der Waals surface area contributed by atoms with Crippen molar-refractivity contribution in [2.75, 3.05) is 11.1 Å². The summed E-state index contributed by atoms with van der Waals surface area (Å²) < 4.78 is 1.30. The maximum absolute atomic E-state index is 4.95. The monoisotopic (exact) mass is 372 g/mol. The molecule has 1 heterocycles. The van der Waals surface area contributed by atoms with E-state index in [4.69, 9.17) is 4.99 Å². The van der Waals surface area contributed by atoms with E-state index in [9.17, 15) is 0 Å². The highest BCUT2D eigenvalue weighted by molar-refractivity contribution is 14.1. The number of amidine groups is 1. The zero-order valence-corrected chi connectivity index (χ0v) is 13.5. The van der Waals surface area contributed by atoms with Gasteiger partial charge in [0.15, 0.2) is 5.17 Å². The van der Waals surface area contributed by atoms with Crippen LogP contribution in [0.5, 0.6) is 0 Å². The maximum Gasteiger partial charge on any atom is 0.161 e. The predicted octanol–water partition coefficient (Wildman–Crippen LogP) is 4.43. The molecular formula is C14H17IN2S. The first-order chi connectivity index (χ1) is 8.69. The number of aliphatic imine (C=N–C) groups is 1. The summed E-state index contributed by atoms with van der Waals surface area (Å²) in [4.78, 5) is 4.95. The molecule has 0 amide bonds. The van der Waals surface area contributed by atoms with Gasteiger partial charge in [0.05, 0.1) is 5.54 Å². The van der Waals surface area contributed by atoms with Crippen LogP contribution in [0.4, 0.5) is 5.69 Å². The van der Waals surface area contributed by atoms with E-state index in [1.54, 1.807) is 0 Å². The minimum Gasteiger partial charge on any atom is -0.335 e. The molecular weight excluding hydrogens is 355 g/mol. The Bertz CT molecular complexity index is 493. The van der Waals surface area contributed by atoms with E-state index >= 15 is 0 Å². The number of nitrogens with zero attached hydrogens (tertiary/aromatic N) is 1. The van der Waals surface area contributed by atoms with E-state index in [0.717, 1.165) is 10.9 Å². The molecule has 0 unspecified atom stereocenters. The minimum atomic E-state index is 0.267. The highest BCUT2D eigenvalue weighted by Crippen LogP contribution is 2.41. The number of thioether (sulfide) groups is 1. The summed E-state index contributed by atoms with van der Waals surface area (Å²) in [6.07, 6.45) is 5.24. The number of halogens is 1.